The molecule has 1 aliphatic rings. The SMILES string of the molecule is Cc1ccc(NC(=O)C[C@H](c2ccc(F)cc2)N2Cc3ccccc3C2=O)cc1. The number of anilines is 1. The third-order valence-corrected chi connectivity index (χ3v) is 5.19. The molecule has 0 bridgehead atoms. The van der Waals surface area contributed by atoms with E-state index in [2.05, 4.69) is 5.32 Å². The highest BCUT2D eigenvalue weighted by Gasteiger charge is 2.34. The van der Waals surface area contributed by atoms with Crippen LogP contribution in [0, 0.1) is 12.7 Å². The second kappa shape index (κ2) is 7.87. The van der Waals surface area contributed by atoms with Crippen LogP contribution in [0.1, 0.15) is 39.5 Å². The Morgan fingerprint density at radius 3 is 2.41 bits per heavy atom. The van der Waals surface area contributed by atoms with E-state index in [0.717, 1.165) is 16.7 Å². The maximum absolute atomic E-state index is 13.4. The molecule has 0 radical (unpaired) electrons. The summed E-state index contributed by atoms with van der Waals surface area (Å²) in [5, 5.41) is 2.89. The zero-order valence-electron chi connectivity index (χ0n) is 16.1. The lowest BCUT2D eigenvalue weighted by atomic mass is 10.0. The van der Waals surface area contributed by atoms with Gasteiger partial charge in [-0.3, -0.25) is 9.59 Å². The number of carbonyl (C=O) groups is 2. The Bertz CT molecular complexity index is 1050. The van der Waals surface area contributed by atoms with Gasteiger partial charge in [0.25, 0.3) is 5.91 Å². The Morgan fingerprint density at radius 2 is 1.72 bits per heavy atom. The molecule has 0 saturated heterocycles. The van der Waals surface area contributed by atoms with Crippen LogP contribution >= 0.6 is 0 Å². The number of hydrogen-bond acceptors (Lipinski definition) is 2. The first-order chi connectivity index (χ1) is 14.0. The van der Waals surface area contributed by atoms with Gasteiger partial charge in [0.2, 0.25) is 5.91 Å². The highest BCUT2D eigenvalue weighted by atomic mass is 19.1. The first-order valence-electron chi connectivity index (χ1n) is 9.52. The molecular weight excluding hydrogens is 367 g/mol. The number of fused-ring (bicyclic) bond motifs is 1. The molecule has 4 rings (SSSR count). The molecule has 1 heterocycles. The van der Waals surface area contributed by atoms with E-state index in [4.69, 9.17) is 0 Å². The van der Waals surface area contributed by atoms with E-state index in [1.54, 1.807) is 23.1 Å². The van der Waals surface area contributed by atoms with E-state index in [1.807, 2.05) is 49.4 Å². The molecule has 1 aliphatic heterocycles. The van der Waals surface area contributed by atoms with Crippen molar-refractivity contribution in [2.45, 2.75) is 25.9 Å². The van der Waals surface area contributed by atoms with Gasteiger partial charge >= 0.3 is 0 Å². The molecule has 0 fully saturated rings. The quantitative estimate of drug-likeness (QED) is 0.679. The predicted octanol–water partition coefficient (Wildman–Crippen LogP) is 4.86. The minimum atomic E-state index is -0.485. The summed E-state index contributed by atoms with van der Waals surface area (Å²) in [6.07, 6.45) is 0.0826. The van der Waals surface area contributed by atoms with Crippen LogP contribution in [0.2, 0.25) is 0 Å². The van der Waals surface area contributed by atoms with Crippen molar-refractivity contribution < 1.29 is 14.0 Å². The number of rotatable bonds is 5. The van der Waals surface area contributed by atoms with Gasteiger partial charge in [-0.15, -0.1) is 0 Å². The number of benzene rings is 3. The zero-order valence-corrected chi connectivity index (χ0v) is 16.1. The fraction of sp³-hybridized carbons (Fsp3) is 0.167. The summed E-state index contributed by atoms with van der Waals surface area (Å²) >= 11 is 0. The first kappa shape index (κ1) is 18.9. The fourth-order valence-corrected chi connectivity index (χ4v) is 3.65. The molecule has 0 aromatic heterocycles. The molecule has 0 spiro atoms. The van der Waals surface area contributed by atoms with E-state index in [0.29, 0.717) is 17.8 Å². The third-order valence-electron chi connectivity index (χ3n) is 5.19. The number of halogens is 1. The lowest BCUT2D eigenvalue weighted by Crippen LogP contribution is -2.32. The van der Waals surface area contributed by atoms with E-state index in [-0.39, 0.29) is 24.1 Å². The summed E-state index contributed by atoms with van der Waals surface area (Å²) in [7, 11) is 0. The lowest BCUT2D eigenvalue weighted by molar-refractivity contribution is -0.117. The van der Waals surface area contributed by atoms with Gasteiger partial charge in [0, 0.05) is 17.8 Å². The monoisotopic (exact) mass is 388 g/mol. The maximum Gasteiger partial charge on any atom is 0.255 e. The molecule has 3 aromatic carbocycles. The number of nitrogens with one attached hydrogen (secondary N) is 1. The highest BCUT2D eigenvalue weighted by molar-refractivity contribution is 5.99. The molecule has 0 unspecified atom stereocenters. The number of hydrogen-bond donors (Lipinski definition) is 1. The van der Waals surface area contributed by atoms with Crippen LogP contribution < -0.4 is 5.32 Å². The molecule has 146 valence electrons. The average molecular weight is 388 g/mol. The van der Waals surface area contributed by atoms with Crippen molar-refractivity contribution in [2.24, 2.45) is 0 Å². The van der Waals surface area contributed by atoms with Crippen LogP contribution in [0.25, 0.3) is 0 Å². The molecule has 1 N–H and O–H groups in total. The van der Waals surface area contributed by atoms with Gasteiger partial charge in [-0.05, 0) is 48.4 Å². The van der Waals surface area contributed by atoms with E-state index >= 15 is 0 Å². The second-order valence-corrected chi connectivity index (χ2v) is 7.28. The van der Waals surface area contributed by atoms with E-state index < -0.39 is 6.04 Å². The van der Waals surface area contributed by atoms with Gasteiger partial charge in [-0.1, -0.05) is 48.0 Å². The van der Waals surface area contributed by atoms with E-state index in [1.165, 1.54) is 12.1 Å². The number of carbonyl (C=O) groups excluding carboxylic acids is 2. The zero-order chi connectivity index (χ0) is 20.4. The molecule has 5 heteroatoms. The van der Waals surface area contributed by atoms with Crippen molar-refractivity contribution in [3.8, 4) is 0 Å². The van der Waals surface area contributed by atoms with Gasteiger partial charge in [0.1, 0.15) is 5.82 Å². The third kappa shape index (κ3) is 4.04. The Morgan fingerprint density at radius 1 is 1.03 bits per heavy atom. The number of nitrogens with zero attached hydrogens (tertiary/aromatic N) is 1. The Kier molecular flexibility index (Phi) is 5.12. The smallest absolute Gasteiger partial charge is 0.255 e. The summed E-state index contributed by atoms with van der Waals surface area (Å²) in [6.45, 7) is 2.40. The molecular formula is C24H21FN2O2. The molecule has 29 heavy (non-hydrogen) atoms. The normalized spacial score (nSPS) is 13.9. The molecule has 2 amide bonds. The summed E-state index contributed by atoms with van der Waals surface area (Å²) in [4.78, 5) is 27.4. The minimum absolute atomic E-state index is 0.0826. The van der Waals surface area contributed by atoms with Gasteiger partial charge in [-0.2, -0.15) is 0 Å². The molecule has 0 aliphatic carbocycles. The van der Waals surface area contributed by atoms with Gasteiger partial charge in [-0.25, -0.2) is 4.39 Å². The average Bonchev–Trinajstić information content (AvgIpc) is 3.05. The Labute approximate surface area is 169 Å². The van der Waals surface area contributed by atoms with Crippen LogP contribution in [0.4, 0.5) is 10.1 Å². The largest absolute Gasteiger partial charge is 0.327 e. The van der Waals surface area contributed by atoms with Crippen LogP contribution in [0.3, 0.4) is 0 Å². The van der Waals surface area contributed by atoms with Crippen LogP contribution in [0.5, 0.6) is 0 Å². The van der Waals surface area contributed by atoms with Crippen molar-refractivity contribution in [3.63, 3.8) is 0 Å². The maximum atomic E-state index is 13.4. The number of aryl methyl sites for hydroxylation is 1. The summed E-state index contributed by atoms with van der Waals surface area (Å²) in [6, 6.07) is 20.5. The summed E-state index contributed by atoms with van der Waals surface area (Å²) in [5.41, 5.74) is 4.12. The topological polar surface area (TPSA) is 49.4 Å². The molecule has 4 nitrogen and oxygen atoms in total. The standard InChI is InChI=1S/C24H21FN2O2/c1-16-6-12-20(13-7-16)26-23(28)14-22(17-8-10-19(25)11-9-17)27-15-18-4-2-3-5-21(18)24(27)29/h2-13,22H,14-15H2,1H3,(H,26,28)/t22-/m1/s1. The second-order valence-electron chi connectivity index (χ2n) is 7.28. The molecule has 0 saturated carbocycles. The van der Waals surface area contributed by atoms with Crippen molar-refractivity contribution in [1.82, 2.24) is 4.90 Å². The lowest BCUT2D eigenvalue weighted by Gasteiger charge is -2.28. The highest BCUT2D eigenvalue weighted by Crippen LogP contribution is 2.33. The van der Waals surface area contributed by atoms with Crippen LogP contribution in [-0.4, -0.2) is 16.7 Å². The Hall–Kier alpha value is -3.47. The fourth-order valence-electron chi connectivity index (χ4n) is 3.65. The first-order valence-corrected chi connectivity index (χ1v) is 9.52. The van der Waals surface area contributed by atoms with Crippen molar-refractivity contribution in [3.05, 3.63) is 101 Å². The summed E-state index contributed by atoms with van der Waals surface area (Å²) < 4.78 is 13.4. The van der Waals surface area contributed by atoms with Gasteiger partial charge in [0.15, 0.2) is 0 Å². The summed E-state index contributed by atoms with van der Waals surface area (Å²) in [5.74, 6) is -0.669. The Balaban J connectivity index is 1.59. The van der Waals surface area contributed by atoms with Crippen molar-refractivity contribution in [2.75, 3.05) is 5.32 Å². The van der Waals surface area contributed by atoms with Gasteiger partial charge in [0.05, 0.1) is 12.5 Å². The molecule has 1 atom stereocenters. The van der Waals surface area contributed by atoms with Crippen LogP contribution in [0.15, 0.2) is 72.8 Å². The van der Waals surface area contributed by atoms with Crippen molar-refractivity contribution >= 4 is 17.5 Å². The van der Waals surface area contributed by atoms with Crippen molar-refractivity contribution in [1.29, 1.82) is 0 Å². The predicted molar refractivity (Wildman–Crippen MR) is 110 cm³/mol. The molecule has 3 aromatic rings. The van der Waals surface area contributed by atoms with Crippen LogP contribution in [-0.2, 0) is 11.3 Å². The minimum Gasteiger partial charge on any atom is -0.327 e. The number of amides is 2. The van der Waals surface area contributed by atoms with E-state index in [9.17, 15) is 14.0 Å². The van der Waals surface area contributed by atoms with Gasteiger partial charge < -0.3 is 10.2 Å².